The summed E-state index contributed by atoms with van der Waals surface area (Å²) in [5, 5.41) is 2.01. The second-order valence-electron chi connectivity index (χ2n) is 4.01. The number of nitrogens with zero attached hydrogens (tertiary/aromatic N) is 1. The minimum absolute atomic E-state index is 0.125. The van der Waals surface area contributed by atoms with Gasteiger partial charge in [-0.05, 0) is 12.8 Å². The highest BCUT2D eigenvalue weighted by atomic mass is 32.1. The zero-order valence-electron chi connectivity index (χ0n) is 9.96. The number of hydrogen-bond donors (Lipinski definition) is 3. The fraction of sp³-hybridized carbons (Fsp3) is 0.545. The summed E-state index contributed by atoms with van der Waals surface area (Å²) in [7, 11) is 0. The zero-order valence-corrected chi connectivity index (χ0v) is 10.9. The van der Waals surface area contributed by atoms with Crippen molar-refractivity contribution >= 4 is 29.6 Å². The second kappa shape index (κ2) is 6.55. The van der Waals surface area contributed by atoms with Crippen molar-refractivity contribution in [3.63, 3.8) is 0 Å². The van der Waals surface area contributed by atoms with E-state index in [4.69, 9.17) is 5.73 Å². The number of amides is 2. The molecule has 18 heavy (non-hydrogen) atoms. The molecule has 2 unspecified atom stereocenters. The highest BCUT2D eigenvalue weighted by Gasteiger charge is 2.34. The Balaban J connectivity index is 2.68. The number of thiol groups is 1. The Labute approximate surface area is 111 Å². The molecule has 0 radical (unpaired) electrons. The van der Waals surface area contributed by atoms with E-state index in [1.165, 1.54) is 11.0 Å². The standard InChI is InChI=1S/C11H17N3O3S/c1-2-7(11(17)18)13-10(16)8-4-3-5-14(8)9(15)6-12/h2,7-8H,1,3-6,12H2,(H,13,16)(H,17,18). The van der Waals surface area contributed by atoms with Crippen LogP contribution in [-0.4, -0.2) is 47.0 Å². The van der Waals surface area contributed by atoms with Gasteiger partial charge in [-0.25, -0.2) is 0 Å². The molecule has 1 fully saturated rings. The van der Waals surface area contributed by atoms with Crippen molar-refractivity contribution < 1.29 is 14.4 Å². The van der Waals surface area contributed by atoms with Crippen LogP contribution in [0.4, 0.5) is 0 Å². The summed E-state index contributed by atoms with van der Waals surface area (Å²) in [5.41, 5.74) is 5.28. The van der Waals surface area contributed by atoms with Crippen LogP contribution in [0.25, 0.3) is 0 Å². The van der Waals surface area contributed by atoms with Crippen LogP contribution in [0, 0.1) is 0 Å². The lowest BCUT2D eigenvalue weighted by molar-refractivity contribution is -0.137. The molecular weight excluding hydrogens is 254 g/mol. The van der Waals surface area contributed by atoms with Gasteiger partial charge in [0.15, 0.2) is 0 Å². The molecule has 1 heterocycles. The first-order valence-electron chi connectivity index (χ1n) is 5.66. The van der Waals surface area contributed by atoms with Crippen molar-refractivity contribution in [2.75, 3.05) is 13.1 Å². The van der Waals surface area contributed by atoms with Crippen LogP contribution in [0.1, 0.15) is 12.8 Å². The largest absolute Gasteiger partial charge is 0.340 e. The summed E-state index contributed by atoms with van der Waals surface area (Å²) in [5.74, 6) is -0.637. The Kier molecular flexibility index (Phi) is 5.36. The van der Waals surface area contributed by atoms with Crippen LogP contribution in [0.3, 0.4) is 0 Å². The number of rotatable bonds is 5. The maximum Gasteiger partial charge on any atom is 0.243 e. The van der Waals surface area contributed by atoms with Gasteiger partial charge in [0.25, 0.3) is 0 Å². The minimum Gasteiger partial charge on any atom is -0.340 e. The van der Waals surface area contributed by atoms with E-state index in [-0.39, 0.29) is 18.4 Å². The zero-order chi connectivity index (χ0) is 13.7. The minimum atomic E-state index is -0.837. The summed E-state index contributed by atoms with van der Waals surface area (Å²) in [4.78, 5) is 36.0. The van der Waals surface area contributed by atoms with Crippen molar-refractivity contribution in [3.05, 3.63) is 12.7 Å². The summed E-state index contributed by atoms with van der Waals surface area (Å²) in [6, 6.07) is -1.40. The summed E-state index contributed by atoms with van der Waals surface area (Å²) in [6.07, 6.45) is 2.62. The first-order chi connectivity index (χ1) is 8.51. The number of nitrogens with two attached hydrogens (primary N) is 1. The third-order valence-corrected chi connectivity index (χ3v) is 3.13. The molecule has 1 saturated heterocycles. The molecule has 0 aromatic heterocycles. The third-order valence-electron chi connectivity index (χ3n) is 2.85. The number of likely N-dealkylation sites (tertiary alicyclic amines) is 1. The van der Waals surface area contributed by atoms with Gasteiger partial charge in [0.2, 0.25) is 16.9 Å². The molecule has 1 aliphatic rings. The van der Waals surface area contributed by atoms with Crippen LogP contribution in [0.5, 0.6) is 0 Å². The van der Waals surface area contributed by atoms with Crippen LogP contribution in [0.15, 0.2) is 12.7 Å². The number of nitrogens with one attached hydrogen (secondary N) is 1. The summed E-state index contributed by atoms with van der Waals surface area (Å²) < 4.78 is 0. The maximum atomic E-state index is 12.0. The molecule has 2 atom stereocenters. The van der Waals surface area contributed by atoms with Crippen molar-refractivity contribution in [1.82, 2.24) is 10.2 Å². The molecule has 7 heteroatoms. The predicted octanol–water partition coefficient (Wildman–Crippen LogP) is -0.937. The van der Waals surface area contributed by atoms with Gasteiger partial charge in [0.05, 0.1) is 6.54 Å². The first kappa shape index (κ1) is 14.7. The molecular formula is C11H17N3O3S. The van der Waals surface area contributed by atoms with E-state index in [0.29, 0.717) is 13.0 Å². The van der Waals surface area contributed by atoms with Crippen molar-refractivity contribution in [1.29, 1.82) is 0 Å². The number of hydrogen-bond acceptors (Lipinski definition) is 4. The van der Waals surface area contributed by atoms with Gasteiger partial charge < -0.3 is 16.0 Å². The highest BCUT2D eigenvalue weighted by Crippen LogP contribution is 2.17. The van der Waals surface area contributed by atoms with Gasteiger partial charge in [0, 0.05) is 6.54 Å². The highest BCUT2D eigenvalue weighted by molar-refractivity contribution is 7.96. The van der Waals surface area contributed by atoms with Crippen LogP contribution < -0.4 is 11.1 Å². The Bertz CT molecular complexity index is 373. The average Bonchev–Trinajstić information content (AvgIpc) is 2.83. The molecule has 100 valence electrons. The molecule has 0 aliphatic carbocycles. The third kappa shape index (κ3) is 3.33. The lowest BCUT2D eigenvalue weighted by atomic mass is 10.2. The Morgan fingerprint density at radius 1 is 1.56 bits per heavy atom. The molecule has 0 aromatic carbocycles. The fourth-order valence-corrected chi connectivity index (χ4v) is 2.10. The van der Waals surface area contributed by atoms with Gasteiger partial charge in [-0.1, -0.05) is 6.08 Å². The van der Waals surface area contributed by atoms with E-state index in [2.05, 4.69) is 24.5 Å². The molecule has 0 spiro atoms. The lowest BCUT2D eigenvalue weighted by Gasteiger charge is -2.24. The molecule has 0 saturated carbocycles. The predicted molar refractivity (Wildman–Crippen MR) is 69.9 cm³/mol. The van der Waals surface area contributed by atoms with Crippen molar-refractivity contribution in [2.24, 2.45) is 5.73 Å². The number of carbonyl (C=O) groups excluding carboxylic acids is 3. The van der Waals surface area contributed by atoms with Crippen molar-refractivity contribution in [2.45, 2.75) is 24.9 Å². The van der Waals surface area contributed by atoms with Gasteiger partial charge in [-0.3, -0.25) is 14.4 Å². The molecule has 2 amide bonds. The van der Waals surface area contributed by atoms with Gasteiger partial charge in [-0.15, -0.1) is 19.2 Å². The van der Waals surface area contributed by atoms with Crippen molar-refractivity contribution in [3.8, 4) is 0 Å². The molecule has 1 rings (SSSR count). The summed E-state index contributed by atoms with van der Waals surface area (Å²) >= 11 is 3.65. The molecule has 3 N–H and O–H groups in total. The average molecular weight is 271 g/mol. The lowest BCUT2D eigenvalue weighted by Crippen LogP contribution is -2.50. The smallest absolute Gasteiger partial charge is 0.243 e. The quantitative estimate of drug-likeness (QED) is 0.444. The van der Waals surface area contributed by atoms with E-state index in [1.54, 1.807) is 0 Å². The van der Waals surface area contributed by atoms with Gasteiger partial charge in [0.1, 0.15) is 12.1 Å². The van der Waals surface area contributed by atoms with Gasteiger partial charge in [-0.2, -0.15) is 0 Å². The molecule has 1 aliphatic heterocycles. The number of carbonyl (C=O) groups is 3. The van der Waals surface area contributed by atoms with Crippen LogP contribution >= 0.6 is 12.6 Å². The van der Waals surface area contributed by atoms with E-state index in [1.807, 2.05) is 0 Å². The van der Waals surface area contributed by atoms with E-state index in [0.717, 1.165) is 6.42 Å². The van der Waals surface area contributed by atoms with E-state index >= 15 is 0 Å². The fourth-order valence-electron chi connectivity index (χ4n) is 1.93. The molecule has 0 aromatic rings. The normalized spacial score (nSPS) is 20.3. The first-order valence-corrected chi connectivity index (χ1v) is 6.11. The van der Waals surface area contributed by atoms with Gasteiger partial charge >= 0.3 is 0 Å². The molecule has 6 nitrogen and oxygen atoms in total. The van der Waals surface area contributed by atoms with E-state index < -0.39 is 17.2 Å². The van der Waals surface area contributed by atoms with E-state index in [9.17, 15) is 14.4 Å². The molecule has 0 bridgehead atoms. The monoisotopic (exact) mass is 271 g/mol. The van der Waals surface area contributed by atoms with Crippen LogP contribution in [-0.2, 0) is 14.4 Å². The maximum absolute atomic E-state index is 12.0. The summed E-state index contributed by atoms with van der Waals surface area (Å²) in [6.45, 7) is 3.84. The second-order valence-corrected chi connectivity index (χ2v) is 4.45. The Morgan fingerprint density at radius 3 is 2.72 bits per heavy atom. The Hall–Kier alpha value is -1.34. The Morgan fingerprint density at radius 2 is 2.22 bits per heavy atom. The SMILES string of the molecule is C=CC(NC(=O)C1CCCN1C(=O)CN)C(=O)S. The van der Waals surface area contributed by atoms with Crippen LogP contribution in [0.2, 0.25) is 0 Å². The topological polar surface area (TPSA) is 92.5 Å².